The van der Waals surface area contributed by atoms with Gasteiger partial charge in [-0.15, -0.1) is 0 Å². The molecule has 0 atom stereocenters. The quantitative estimate of drug-likeness (QED) is 0.316. The molecule has 0 spiro atoms. The topological polar surface area (TPSA) is 110 Å². The first kappa shape index (κ1) is 29.8. The number of Topliss-reactive ketones (excluding diaryl/α,β-unsaturated/α-hetero) is 1. The monoisotopic (exact) mass is 572 g/mol. The highest BCUT2D eigenvalue weighted by Gasteiger charge is 2.14. The zero-order valence-electron chi connectivity index (χ0n) is 20.6. The Morgan fingerprint density at radius 1 is 1.08 bits per heavy atom. The fraction of sp³-hybridized carbons (Fsp3) is 0.333. The van der Waals surface area contributed by atoms with Crippen molar-refractivity contribution in [2.75, 3.05) is 11.9 Å². The Labute approximate surface area is 224 Å². The van der Waals surface area contributed by atoms with Crippen molar-refractivity contribution < 1.29 is 14.2 Å². The summed E-state index contributed by atoms with van der Waals surface area (Å²) in [7, 11) is 1.74. The van der Waals surface area contributed by atoms with Crippen molar-refractivity contribution in [3.63, 3.8) is 0 Å². The summed E-state index contributed by atoms with van der Waals surface area (Å²) in [6, 6.07) is 8.65. The Kier molecular flexibility index (Phi) is 10.6. The molecule has 0 aliphatic rings. The Morgan fingerprint density at radius 3 is 2.33 bits per heavy atom. The van der Waals surface area contributed by atoms with Gasteiger partial charge >= 0.3 is 11.2 Å². The van der Waals surface area contributed by atoms with E-state index >= 15 is 0 Å². The van der Waals surface area contributed by atoms with E-state index in [-0.39, 0.29) is 23.8 Å². The number of rotatable bonds is 6. The number of fused-ring (bicyclic) bond motifs is 1. The fourth-order valence-corrected chi connectivity index (χ4v) is 3.53. The van der Waals surface area contributed by atoms with E-state index < -0.39 is 11.2 Å². The summed E-state index contributed by atoms with van der Waals surface area (Å²) in [5, 5.41) is 2.97. The SMILES string of the molecule is Cc1cc2c(cn1)cc(-c1cc(NC(=O)NCC(=O)CC(C)C)ccc1C)c(=O)n2C.O=P(Cl)(Cl)Cl. The number of pyridine rings is 2. The maximum atomic E-state index is 13.1. The summed E-state index contributed by atoms with van der Waals surface area (Å²) >= 11 is 13.8. The number of ketones is 1. The minimum atomic E-state index is -3.22. The second kappa shape index (κ2) is 12.7. The number of hydrogen-bond donors (Lipinski definition) is 2. The number of nitrogens with one attached hydrogen (secondary N) is 2. The number of amides is 2. The molecule has 0 saturated heterocycles. The average molecular weight is 574 g/mol. The maximum Gasteiger partial charge on any atom is 0.339 e. The number of carbonyl (C=O) groups is 2. The minimum absolute atomic E-state index is 0.0135. The molecule has 8 nitrogen and oxygen atoms in total. The van der Waals surface area contributed by atoms with Crippen molar-refractivity contribution >= 4 is 67.3 Å². The zero-order valence-corrected chi connectivity index (χ0v) is 23.7. The molecule has 2 N–H and O–H groups in total. The number of carbonyl (C=O) groups excluding carboxylic acids is 2. The average Bonchev–Trinajstić information content (AvgIpc) is 2.75. The minimum Gasteiger partial charge on any atom is -0.331 e. The van der Waals surface area contributed by atoms with Gasteiger partial charge in [0.15, 0.2) is 5.78 Å². The highest BCUT2D eigenvalue weighted by Crippen LogP contribution is 2.61. The van der Waals surface area contributed by atoms with E-state index in [9.17, 15) is 18.9 Å². The molecule has 1 aromatic carbocycles. The highest BCUT2D eigenvalue weighted by atomic mass is 36.0. The Bertz CT molecular complexity index is 1380. The summed E-state index contributed by atoms with van der Waals surface area (Å²) in [5.41, 5.74) is 4.26. The van der Waals surface area contributed by atoms with Gasteiger partial charge in [-0.3, -0.25) is 19.1 Å². The number of aryl methyl sites for hydroxylation is 3. The van der Waals surface area contributed by atoms with Gasteiger partial charge in [0.05, 0.1) is 12.1 Å². The Balaban J connectivity index is 0.000000830. The summed E-state index contributed by atoms with van der Waals surface area (Å²) < 4.78 is 11.1. The smallest absolute Gasteiger partial charge is 0.331 e. The molecule has 2 heterocycles. The number of hydrogen-bond acceptors (Lipinski definition) is 5. The molecule has 2 aromatic heterocycles. The zero-order chi connectivity index (χ0) is 27.2. The standard InChI is InChI=1S/C24H28N4O3.Cl3OP/c1-14(2)8-19(29)13-26-24(31)27-18-7-6-15(3)20(11-18)21-10-17-12-25-16(4)9-22(17)28(5)23(21)30;1-5(2,3)4/h6-7,9-12,14H,8,13H2,1-5H3,(H2,26,27,31);. The van der Waals surface area contributed by atoms with Crippen LogP contribution in [0.3, 0.4) is 0 Å². The van der Waals surface area contributed by atoms with E-state index in [0.29, 0.717) is 17.7 Å². The van der Waals surface area contributed by atoms with Gasteiger partial charge in [-0.1, -0.05) is 19.9 Å². The Hall–Kier alpha value is -2.38. The second-order valence-corrected chi connectivity index (χ2v) is 15.3. The van der Waals surface area contributed by atoms with Gasteiger partial charge < -0.3 is 15.2 Å². The van der Waals surface area contributed by atoms with Crippen LogP contribution >= 0.6 is 38.9 Å². The third-order valence-electron chi connectivity index (χ3n) is 5.11. The summed E-state index contributed by atoms with van der Waals surface area (Å²) in [4.78, 5) is 41.4. The molecule has 2 amide bonds. The van der Waals surface area contributed by atoms with Crippen LogP contribution in [-0.2, 0) is 16.4 Å². The van der Waals surface area contributed by atoms with Crippen molar-refractivity contribution in [1.82, 2.24) is 14.9 Å². The molecule has 0 unspecified atom stereocenters. The first-order valence-corrected chi connectivity index (χ1v) is 15.4. The van der Waals surface area contributed by atoms with Crippen LogP contribution in [0.2, 0.25) is 0 Å². The number of urea groups is 1. The van der Waals surface area contributed by atoms with Gasteiger partial charge in [0.1, 0.15) is 0 Å². The second-order valence-electron chi connectivity index (χ2n) is 8.68. The van der Waals surface area contributed by atoms with Gasteiger partial charge in [0.25, 0.3) is 5.56 Å². The van der Waals surface area contributed by atoms with E-state index in [4.69, 9.17) is 0 Å². The first-order valence-electron chi connectivity index (χ1n) is 11.0. The number of anilines is 1. The van der Waals surface area contributed by atoms with Crippen LogP contribution in [0.25, 0.3) is 22.0 Å². The lowest BCUT2D eigenvalue weighted by Crippen LogP contribution is -2.33. The molecule has 0 aliphatic heterocycles. The maximum absolute atomic E-state index is 13.1. The summed E-state index contributed by atoms with van der Waals surface area (Å²) in [5.74, 6) is 0.235. The van der Waals surface area contributed by atoms with Crippen LogP contribution in [0.1, 0.15) is 31.5 Å². The molecule has 3 rings (SSSR count). The van der Waals surface area contributed by atoms with Crippen LogP contribution in [-0.4, -0.2) is 27.9 Å². The van der Waals surface area contributed by atoms with Gasteiger partial charge in [-0.25, -0.2) is 4.79 Å². The van der Waals surface area contributed by atoms with Crippen LogP contribution in [0.5, 0.6) is 0 Å². The molecule has 12 heteroatoms. The lowest BCUT2D eigenvalue weighted by Gasteiger charge is -2.13. The number of aromatic nitrogens is 2. The predicted molar refractivity (Wildman–Crippen MR) is 149 cm³/mol. The van der Waals surface area contributed by atoms with Crippen LogP contribution in [0, 0.1) is 19.8 Å². The van der Waals surface area contributed by atoms with Crippen molar-refractivity contribution in [2.24, 2.45) is 13.0 Å². The van der Waals surface area contributed by atoms with Gasteiger partial charge in [0, 0.05) is 42.0 Å². The first-order chi connectivity index (χ1) is 16.7. The third kappa shape index (κ3) is 9.25. The molecule has 0 radical (unpaired) electrons. The molecule has 0 bridgehead atoms. The van der Waals surface area contributed by atoms with E-state index in [1.165, 1.54) is 0 Å². The molecule has 194 valence electrons. The van der Waals surface area contributed by atoms with Crippen molar-refractivity contribution in [1.29, 1.82) is 0 Å². The van der Waals surface area contributed by atoms with Gasteiger partial charge in [-0.05, 0) is 88.9 Å². The highest BCUT2D eigenvalue weighted by molar-refractivity contribution is 8.24. The van der Waals surface area contributed by atoms with Crippen molar-refractivity contribution in [3.05, 3.63) is 58.1 Å². The van der Waals surface area contributed by atoms with Gasteiger partial charge in [0.2, 0.25) is 0 Å². The van der Waals surface area contributed by atoms with E-state index in [1.54, 1.807) is 29.9 Å². The molecule has 0 fully saturated rings. The van der Waals surface area contributed by atoms with Crippen molar-refractivity contribution in [3.8, 4) is 11.1 Å². The molecular weight excluding hydrogens is 546 g/mol. The number of halogens is 3. The van der Waals surface area contributed by atoms with E-state index in [0.717, 1.165) is 27.7 Å². The largest absolute Gasteiger partial charge is 0.339 e. The molecule has 0 saturated carbocycles. The number of nitrogens with zero attached hydrogens (tertiary/aromatic N) is 2. The van der Waals surface area contributed by atoms with E-state index in [1.807, 2.05) is 45.9 Å². The van der Waals surface area contributed by atoms with Crippen molar-refractivity contribution in [2.45, 2.75) is 34.1 Å². The van der Waals surface area contributed by atoms with Crippen LogP contribution < -0.4 is 16.2 Å². The predicted octanol–water partition coefficient (Wildman–Crippen LogP) is 6.76. The molecule has 3 aromatic rings. The fourth-order valence-electron chi connectivity index (χ4n) is 3.53. The third-order valence-corrected chi connectivity index (χ3v) is 5.11. The summed E-state index contributed by atoms with van der Waals surface area (Å²) in [6.45, 7) is 7.71. The van der Waals surface area contributed by atoms with E-state index in [2.05, 4.69) is 49.3 Å². The lowest BCUT2D eigenvalue weighted by atomic mass is 9.99. The lowest BCUT2D eigenvalue weighted by molar-refractivity contribution is -0.118. The van der Waals surface area contributed by atoms with Gasteiger partial charge in [-0.2, -0.15) is 0 Å². The number of benzene rings is 1. The normalized spacial score (nSPS) is 11.1. The van der Waals surface area contributed by atoms with Crippen LogP contribution in [0.4, 0.5) is 10.5 Å². The molecular formula is C24H28Cl3N4O4P. The Morgan fingerprint density at radius 2 is 1.72 bits per heavy atom. The molecule has 36 heavy (non-hydrogen) atoms. The van der Waals surface area contributed by atoms with Crippen LogP contribution in [0.15, 0.2) is 41.3 Å². The summed E-state index contributed by atoms with van der Waals surface area (Å²) in [6.07, 6.45) is 2.18. The molecule has 0 aliphatic carbocycles.